The number of nitrogens with zero attached hydrogens (tertiary/aromatic N) is 3. The van der Waals surface area contributed by atoms with Crippen molar-refractivity contribution < 1.29 is 41.6 Å². The zero-order valence-electron chi connectivity index (χ0n) is 16.6. The Hall–Kier alpha value is -3.36. The zero-order valence-corrected chi connectivity index (χ0v) is 17.4. The van der Waals surface area contributed by atoms with Crippen LogP contribution < -0.4 is 4.74 Å². The summed E-state index contributed by atoms with van der Waals surface area (Å²) in [6, 6.07) is 8.40. The maximum absolute atomic E-state index is 13.1. The number of ether oxygens (including phenoxy) is 1. The Morgan fingerprint density at radius 3 is 2.42 bits per heavy atom. The van der Waals surface area contributed by atoms with Gasteiger partial charge in [0.1, 0.15) is 17.8 Å². The number of sulfonamides is 1. The number of phenolic OH excluding ortho intramolecular Hbond substituents is 1. The van der Waals surface area contributed by atoms with Crippen molar-refractivity contribution in [3.05, 3.63) is 53.1 Å². The third kappa shape index (κ3) is 4.58. The van der Waals surface area contributed by atoms with Gasteiger partial charge in [-0.3, -0.25) is 0 Å². The van der Waals surface area contributed by atoms with E-state index in [0.717, 1.165) is 6.07 Å². The third-order valence-electron chi connectivity index (χ3n) is 5.10. The highest BCUT2D eigenvalue weighted by atomic mass is 32.2. The molecule has 0 aliphatic carbocycles. The Bertz CT molecular complexity index is 1270. The summed E-state index contributed by atoms with van der Waals surface area (Å²) < 4.78 is 71.1. The number of halogens is 3. The lowest BCUT2D eigenvalue weighted by Crippen LogP contribution is -2.48. The number of rotatable bonds is 5. The van der Waals surface area contributed by atoms with Crippen molar-refractivity contribution in [3.8, 4) is 23.6 Å². The van der Waals surface area contributed by atoms with E-state index < -0.39 is 69.4 Å². The van der Waals surface area contributed by atoms with Gasteiger partial charge in [-0.15, -0.1) is 0 Å². The van der Waals surface area contributed by atoms with Crippen LogP contribution in [0.5, 0.6) is 11.5 Å². The van der Waals surface area contributed by atoms with E-state index in [9.17, 15) is 42.2 Å². The Labute approximate surface area is 186 Å². The average molecular weight is 483 g/mol. The van der Waals surface area contributed by atoms with Gasteiger partial charge in [0.2, 0.25) is 10.0 Å². The van der Waals surface area contributed by atoms with E-state index in [-0.39, 0.29) is 11.3 Å². The van der Waals surface area contributed by atoms with Crippen LogP contribution in [0.4, 0.5) is 13.2 Å². The molecule has 1 aliphatic heterocycles. The van der Waals surface area contributed by atoms with E-state index in [1.165, 1.54) is 18.2 Å². The SMILES string of the molecule is N#Cc1ccc(O[C@H]2CN(S(=O)(=O)c3ccc(C(F)(F)F)cc3C#N)C[C@@]2(O)CO)c(O)c1. The first-order chi connectivity index (χ1) is 15.4. The van der Waals surface area contributed by atoms with Crippen LogP contribution in [0, 0.1) is 22.7 Å². The molecule has 0 amide bonds. The number of phenols is 1. The highest BCUT2D eigenvalue weighted by molar-refractivity contribution is 7.89. The number of nitriles is 2. The molecule has 1 heterocycles. The normalized spacial score (nSPS) is 21.4. The van der Waals surface area contributed by atoms with Gasteiger partial charge in [0, 0.05) is 12.6 Å². The summed E-state index contributed by atoms with van der Waals surface area (Å²) in [7, 11) is -4.58. The minimum Gasteiger partial charge on any atom is -0.504 e. The van der Waals surface area contributed by atoms with E-state index in [2.05, 4.69) is 0 Å². The first-order valence-corrected chi connectivity index (χ1v) is 10.6. The number of β-amino-alcohol motifs (C(OH)–C–C–N with tert-alkyl or cyclic N) is 1. The maximum atomic E-state index is 13.1. The molecule has 33 heavy (non-hydrogen) atoms. The molecule has 0 radical (unpaired) electrons. The van der Waals surface area contributed by atoms with Crippen LogP contribution >= 0.6 is 0 Å². The molecule has 2 aromatic rings. The Morgan fingerprint density at radius 1 is 1.18 bits per heavy atom. The number of benzene rings is 2. The van der Waals surface area contributed by atoms with Gasteiger partial charge in [-0.25, -0.2) is 8.42 Å². The highest BCUT2D eigenvalue weighted by Crippen LogP contribution is 2.36. The number of alkyl halides is 3. The largest absolute Gasteiger partial charge is 0.504 e. The van der Waals surface area contributed by atoms with Crippen molar-refractivity contribution >= 4 is 10.0 Å². The Balaban J connectivity index is 1.95. The predicted octanol–water partition coefficient (Wildman–Crippen LogP) is 1.33. The lowest BCUT2D eigenvalue weighted by Gasteiger charge is -2.27. The summed E-state index contributed by atoms with van der Waals surface area (Å²) in [6.07, 6.45) is -6.18. The number of aromatic hydroxyl groups is 1. The monoisotopic (exact) mass is 483 g/mol. The van der Waals surface area contributed by atoms with Crippen LogP contribution in [0.15, 0.2) is 41.3 Å². The van der Waals surface area contributed by atoms with Gasteiger partial charge in [-0.2, -0.15) is 28.0 Å². The van der Waals surface area contributed by atoms with Crippen molar-refractivity contribution in [3.63, 3.8) is 0 Å². The predicted molar refractivity (Wildman–Crippen MR) is 104 cm³/mol. The molecule has 2 atom stereocenters. The first-order valence-electron chi connectivity index (χ1n) is 9.20. The minimum absolute atomic E-state index is 0.110. The molecule has 2 aromatic carbocycles. The van der Waals surface area contributed by atoms with Crippen LogP contribution in [0.1, 0.15) is 16.7 Å². The quantitative estimate of drug-likeness (QED) is 0.575. The van der Waals surface area contributed by atoms with Crippen LogP contribution in [0.25, 0.3) is 0 Å². The molecule has 174 valence electrons. The second-order valence-electron chi connectivity index (χ2n) is 7.28. The molecule has 13 heteroatoms. The van der Waals surface area contributed by atoms with Gasteiger partial charge in [0.15, 0.2) is 11.5 Å². The standard InChI is InChI=1S/C20H16F3N3O6S/c21-20(22,23)14-2-4-17(13(6-14)8-25)33(30,31)26-9-18(19(29,10-26)11-27)32-16-3-1-12(7-24)5-15(16)28/h1-6,18,27-29H,9-11H2/t18-,19+/m0/s1. The third-order valence-corrected chi connectivity index (χ3v) is 6.96. The molecule has 0 saturated carbocycles. The Kier molecular flexibility index (Phi) is 6.28. The Morgan fingerprint density at radius 2 is 1.88 bits per heavy atom. The number of aliphatic hydroxyl groups excluding tert-OH is 1. The fraction of sp³-hybridized carbons (Fsp3) is 0.300. The molecule has 1 saturated heterocycles. The van der Waals surface area contributed by atoms with Crippen molar-refractivity contribution in [2.24, 2.45) is 0 Å². The van der Waals surface area contributed by atoms with Crippen molar-refractivity contribution in [1.29, 1.82) is 10.5 Å². The molecule has 0 bridgehead atoms. The molecule has 3 N–H and O–H groups in total. The highest BCUT2D eigenvalue weighted by Gasteiger charge is 2.51. The van der Waals surface area contributed by atoms with E-state index >= 15 is 0 Å². The molecule has 0 unspecified atom stereocenters. The molecule has 9 nitrogen and oxygen atoms in total. The van der Waals surface area contributed by atoms with E-state index in [4.69, 9.17) is 10.00 Å². The summed E-state index contributed by atoms with van der Waals surface area (Å²) in [5, 5.41) is 48.5. The van der Waals surface area contributed by atoms with Gasteiger partial charge < -0.3 is 20.1 Å². The number of hydrogen-bond donors (Lipinski definition) is 3. The van der Waals surface area contributed by atoms with Crippen LogP contribution in [-0.4, -0.2) is 59.4 Å². The fourth-order valence-electron chi connectivity index (χ4n) is 3.31. The smallest absolute Gasteiger partial charge is 0.416 e. The van der Waals surface area contributed by atoms with Gasteiger partial charge in [-0.05, 0) is 30.3 Å². The molecular weight excluding hydrogens is 467 g/mol. The fourth-order valence-corrected chi connectivity index (χ4v) is 4.93. The number of hydrogen-bond acceptors (Lipinski definition) is 8. The molecule has 3 rings (SSSR count). The van der Waals surface area contributed by atoms with Crippen molar-refractivity contribution in [2.45, 2.75) is 22.8 Å². The lowest BCUT2D eigenvalue weighted by molar-refractivity contribution is -0.137. The maximum Gasteiger partial charge on any atom is 0.416 e. The van der Waals surface area contributed by atoms with Crippen molar-refractivity contribution in [2.75, 3.05) is 19.7 Å². The molecule has 0 spiro atoms. The molecule has 1 aliphatic rings. The summed E-state index contributed by atoms with van der Waals surface area (Å²) in [5.74, 6) is -0.664. The minimum atomic E-state index is -4.79. The van der Waals surface area contributed by atoms with E-state index in [0.29, 0.717) is 22.5 Å². The van der Waals surface area contributed by atoms with Gasteiger partial charge >= 0.3 is 6.18 Å². The van der Waals surface area contributed by atoms with Gasteiger partial charge in [-0.1, -0.05) is 0 Å². The summed E-state index contributed by atoms with van der Waals surface area (Å²) >= 11 is 0. The first kappa shape index (κ1) is 24.3. The average Bonchev–Trinajstić information content (AvgIpc) is 3.11. The van der Waals surface area contributed by atoms with Crippen LogP contribution in [-0.2, 0) is 16.2 Å². The van der Waals surface area contributed by atoms with Crippen LogP contribution in [0.2, 0.25) is 0 Å². The molecular formula is C20H16F3N3O6S. The van der Waals surface area contributed by atoms with Crippen LogP contribution in [0.3, 0.4) is 0 Å². The second-order valence-corrected chi connectivity index (χ2v) is 9.19. The second kappa shape index (κ2) is 8.53. The lowest BCUT2D eigenvalue weighted by atomic mass is 10.0. The number of aliphatic hydroxyl groups is 2. The topological polar surface area (TPSA) is 155 Å². The van der Waals surface area contributed by atoms with Gasteiger partial charge in [0.05, 0.1) is 40.8 Å². The van der Waals surface area contributed by atoms with Gasteiger partial charge in [0.25, 0.3) is 0 Å². The van der Waals surface area contributed by atoms with E-state index in [1.807, 2.05) is 0 Å². The zero-order chi connectivity index (χ0) is 24.6. The van der Waals surface area contributed by atoms with E-state index in [1.54, 1.807) is 6.07 Å². The molecule has 0 aromatic heterocycles. The summed E-state index contributed by atoms with van der Waals surface area (Å²) in [4.78, 5) is -0.708. The summed E-state index contributed by atoms with van der Waals surface area (Å²) in [6.45, 7) is -2.19. The van der Waals surface area contributed by atoms with Crippen molar-refractivity contribution in [1.82, 2.24) is 4.31 Å². The summed E-state index contributed by atoms with van der Waals surface area (Å²) in [5.41, 5.74) is -3.97. The molecule has 1 fully saturated rings.